The molecule has 0 spiro atoms. The van der Waals surface area contributed by atoms with Crippen molar-refractivity contribution < 1.29 is 4.74 Å². The Balaban J connectivity index is 1.93. The molecule has 0 aliphatic heterocycles. The lowest BCUT2D eigenvalue weighted by molar-refractivity contribution is 0.221. The third-order valence-electron chi connectivity index (χ3n) is 2.99. The lowest BCUT2D eigenvalue weighted by Crippen LogP contribution is -2.34. The number of hydrogen-bond donors (Lipinski definition) is 2. The van der Waals surface area contributed by atoms with Crippen LogP contribution in [0.25, 0.3) is 0 Å². The standard InChI is InChI=1S/C12H21N3OS/c1-3-6-13-9-4-5-10-11(7-9)17-12(15-10)14-8-16-2/h9,13H,3-8H2,1-2H3,(H,14,15). The highest BCUT2D eigenvalue weighted by atomic mass is 32.1. The summed E-state index contributed by atoms with van der Waals surface area (Å²) in [4.78, 5) is 6.04. The largest absolute Gasteiger partial charge is 0.365 e. The zero-order valence-corrected chi connectivity index (χ0v) is 11.4. The van der Waals surface area contributed by atoms with Crippen molar-refractivity contribution in [2.75, 3.05) is 25.7 Å². The molecule has 1 unspecified atom stereocenters. The number of hydrogen-bond acceptors (Lipinski definition) is 5. The van der Waals surface area contributed by atoms with Crippen LogP contribution in [0.2, 0.25) is 0 Å². The van der Waals surface area contributed by atoms with Gasteiger partial charge in [0.2, 0.25) is 0 Å². The van der Waals surface area contributed by atoms with Crippen LogP contribution >= 0.6 is 11.3 Å². The van der Waals surface area contributed by atoms with Gasteiger partial charge in [0, 0.05) is 18.0 Å². The van der Waals surface area contributed by atoms with Crippen molar-refractivity contribution in [3.63, 3.8) is 0 Å². The molecule has 0 saturated carbocycles. The van der Waals surface area contributed by atoms with E-state index in [9.17, 15) is 0 Å². The van der Waals surface area contributed by atoms with Crippen LogP contribution in [0, 0.1) is 0 Å². The second kappa shape index (κ2) is 6.33. The first-order valence-corrected chi connectivity index (χ1v) is 7.10. The summed E-state index contributed by atoms with van der Waals surface area (Å²) in [6.45, 7) is 3.86. The Morgan fingerprint density at radius 3 is 3.18 bits per heavy atom. The van der Waals surface area contributed by atoms with Gasteiger partial charge in [0.05, 0.1) is 5.69 Å². The van der Waals surface area contributed by atoms with Crippen LogP contribution in [0.1, 0.15) is 30.3 Å². The molecule has 1 aromatic heterocycles. The van der Waals surface area contributed by atoms with Gasteiger partial charge in [-0.15, -0.1) is 11.3 Å². The summed E-state index contributed by atoms with van der Waals surface area (Å²) in [7, 11) is 1.69. The third kappa shape index (κ3) is 3.40. The van der Waals surface area contributed by atoms with Crippen molar-refractivity contribution in [2.24, 2.45) is 0 Å². The first-order valence-electron chi connectivity index (χ1n) is 6.28. The van der Waals surface area contributed by atoms with Crippen LogP contribution in [0.15, 0.2) is 0 Å². The van der Waals surface area contributed by atoms with Crippen LogP contribution in [-0.4, -0.2) is 31.4 Å². The zero-order valence-electron chi connectivity index (χ0n) is 10.6. The average Bonchev–Trinajstić information content (AvgIpc) is 2.75. The van der Waals surface area contributed by atoms with Gasteiger partial charge < -0.3 is 15.4 Å². The fourth-order valence-electron chi connectivity index (χ4n) is 2.11. The van der Waals surface area contributed by atoms with Crippen LogP contribution in [-0.2, 0) is 17.6 Å². The van der Waals surface area contributed by atoms with Crippen molar-refractivity contribution in [3.8, 4) is 0 Å². The van der Waals surface area contributed by atoms with Gasteiger partial charge in [0.15, 0.2) is 5.13 Å². The maximum absolute atomic E-state index is 5.00. The number of aromatic nitrogens is 1. The number of anilines is 1. The lowest BCUT2D eigenvalue weighted by atomic mass is 9.98. The van der Waals surface area contributed by atoms with E-state index >= 15 is 0 Å². The van der Waals surface area contributed by atoms with E-state index in [2.05, 4.69) is 22.5 Å². The predicted octanol–water partition coefficient (Wildman–Crippen LogP) is 2.02. The molecule has 0 radical (unpaired) electrons. The van der Waals surface area contributed by atoms with Gasteiger partial charge in [0.25, 0.3) is 0 Å². The van der Waals surface area contributed by atoms with Crippen molar-refractivity contribution >= 4 is 16.5 Å². The summed E-state index contributed by atoms with van der Waals surface area (Å²) >= 11 is 1.77. The second-order valence-electron chi connectivity index (χ2n) is 4.39. The van der Waals surface area contributed by atoms with Gasteiger partial charge in [-0.25, -0.2) is 4.98 Å². The molecule has 0 aromatic carbocycles. The molecular weight excluding hydrogens is 234 g/mol. The fraction of sp³-hybridized carbons (Fsp3) is 0.750. The minimum absolute atomic E-state index is 0.532. The Morgan fingerprint density at radius 1 is 1.53 bits per heavy atom. The van der Waals surface area contributed by atoms with Crippen LogP contribution in [0.5, 0.6) is 0 Å². The highest BCUT2D eigenvalue weighted by Crippen LogP contribution is 2.29. The highest BCUT2D eigenvalue weighted by molar-refractivity contribution is 7.15. The van der Waals surface area contributed by atoms with E-state index in [-0.39, 0.29) is 0 Å². The summed E-state index contributed by atoms with van der Waals surface area (Å²) in [5, 5.41) is 7.77. The lowest BCUT2D eigenvalue weighted by Gasteiger charge is -2.21. The van der Waals surface area contributed by atoms with Gasteiger partial charge in [-0.05, 0) is 32.2 Å². The van der Waals surface area contributed by atoms with E-state index in [0.29, 0.717) is 12.8 Å². The minimum atomic E-state index is 0.532. The molecule has 4 nitrogen and oxygen atoms in total. The van der Waals surface area contributed by atoms with Crippen molar-refractivity contribution in [1.29, 1.82) is 0 Å². The molecule has 96 valence electrons. The quantitative estimate of drug-likeness (QED) is 0.763. The molecular formula is C12H21N3OS. The Kier molecular flexibility index (Phi) is 4.76. The molecule has 1 aliphatic rings. The molecule has 5 heteroatoms. The number of nitrogens with one attached hydrogen (secondary N) is 2. The zero-order chi connectivity index (χ0) is 12.1. The van der Waals surface area contributed by atoms with Crippen LogP contribution in [0.3, 0.4) is 0 Å². The Bertz CT molecular complexity index is 354. The summed E-state index contributed by atoms with van der Waals surface area (Å²) < 4.78 is 5.00. The van der Waals surface area contributed by atoms with E-state index in [0.717, 1.165) is 24.5 Å². The summed E-state index contributed by atoms with van der Waals surface area (Å²) in [6, 6.07) is 0.637. The topological polar surface area (TPSA) is 46.2 Å². The number of methoxy groups -OCH3 is 1. The smallest absolute Gasteiger partial charge is 0.184 e. The normalized spacial score (nSPS) is 19.1. The highest BCUT2D eigenvalue weighted by Gasteiger charge is 2.21. The summed E-state index contributed by atoms with van der Waals surface area (Å²) in [5.74, 6) is 0. The monoisotopic (exact) mass is 255 g/mol. The first-order chi connectivity index (χ1) is 8.33. The number of thiazole rings is 1. The van der Waals surface area contributed by atoms with Crippen LogP contribution < -0.4 is 10.6 Å². The fourth-order valence-corrected chi connectivity index (χ4v) is 3.18. The summed E-state index contributed by atoms with van der Waals surface area (Å²) in [6.07, 6.45) is 4.64. The van der Waals surface area contributed by atoms with Crippen molar-refractivity contribution in [3.05, 3.63) is 10.6 Å². The van der Waals surface area contributed by atoms with Gasteiger partial charge in [-0.1, -0.05) is 6.92 Å². The van der Waals surface area contributed by atoms with E-state index in [1.54, 1.807) is 18.4 Å². The second-order valence-corrected chi connectivity index (χ2v) is 5.48. The molecule has 1 atom stereocenters. The van der Waals surface area contributed by atoms with E-state index in [1.165, 1.54) is 23.4 Å². The van der Waals surface area contributed by atoms with Gasteiger partial charge in [-0.2, -0.15) is 0 Å². The summed E-state index contributed by atoms with van der Waals surface area (Å²) in [5.41, 5.74) is 1.28. The van der Waals surface area contributed by atoms with Gasteiger partial charge in [-0.3, -0.25) is 0 Å². The van der Waals surface area contributed by atoms with E-state index in [1.807, 2.05) is 0 Å². The Hall–Kier alpha value is -0.650. The molecule has 0 saturated heterocycles. The first kappa shape index (κ1) is 12.8. The molecule has 1 heterocycles. The van der Waals surface area contributed by atoms with E-state index in [4.69, 9.17) is 4.74 Å². The number of rotatable bonds is 6. The molecule has 2 rings (SSSR count). The molecule has 1 aromatic rings. The maximum Gasteiger partial charge on any atom is 0.184 e. The van der Waals surface area contributed by atoms with Gasteiger partial charge >= 0.3 is 0 Å². The van der Waals surface area contributed by atoms with Crippen molar-refractivity contribution in [2.45, 2.75) is 38.6 Å². The average molecular weight is 255 g/mol. The molecule has 0 fully saturated rings. The predicted molar refractivity (Wildman–Crippen MR) is 71.7 cm³/mol. The number of ether oxygens (including phenoxy) is 1. The number of fused-ring (bicyclic) bond motifs is 1. The minimum Gasteiger partial charge on any atom is -0.365 e. The van der Waals surface area contributed by atoms with Gasteiger partial charge in [0.1, 0.15) is 6.73 Å². The molecule has 1 aliphatic carbocycles. The molecule has 0 amide bonds. The maximum atomic E-state index is 5.00. The Labute approximate surface area is 107 Å². The molecule has 2 N–H and O–H groups in total. The molecule has 0 bridgehead atoms. The number of aryl methyl sites for hydroxylation is 1. The number of nitrogens with zero attached hydrogens (tertiary/aromatic N) is 1. The third-order valence-corrected chi connectivity index (χ3v) is 4.07. The SMILES string of the molecule is CCCNC1CCc2nc(NCOC)sc2C1. The molecule has 17 heavy (non-hydrogen) atoms. The Morgan fingerprint density at radius 2 is 2.41 bits per heavy atom. The van der Waals surface area contributed by atoms with Crippen LogP contribution in [0.4, 0.5) is 5.13 Å². The van der Waals surface area contributed by atoms with E-state index < -0.39 is 0 Å². The van der Waals surface area contributed by atoms with Crippen molar-refractivity contribution in [1.82, 2.24) is 10.3 Å².